The number of hydrogen-bond donors (Lipinski definition) is 1. The molecule has 0 saturated carbocycles. The van der Waals surface area contributed by atoms with Gasteiger partial charge in [-0.25, -0.2) is 0 Å². The Kier molecular flexibility index (Phi) is 3.59. The molecular weight excluding hydrogens is 172 g/mol. The molecule has 0 bridgehead atoms. The zero-order valence-corrected chi connectivity index (χ0v) is 10.5. The highest BCUT2D eigenvalue weighted by molar-refractivity contribution is 4.93. The van der Waals surface area contributed by atoms with Gasteiger partial charge in [0.15, 0.2) is 0 Å². The van der Waals surface area contributed by atoms with Crippen molar-refractivity contribution in [1.82, 2.24) is 10.2 Å². The second-order valence-corrected chi connectivity index (χ2v) is 5.90. The zero-order valence-electron chi connectivity index (χ0n) is 10.5. The molecule has 0 spiro atoms. The van der Waals surface area contributed by atoms with Crippen LogP contribution in [0.2, 0.25) is 0 Å². The van der Waals surface area contributed by atoms with Crippen molar-refractivity contribution in [1.29, 1.82) is 0 Å². The fourth-order valence-electron chi connectivity index (χ4n) is 1.88. The van der Waals surface area contributed by atoms with Gasteiger partial charge in [-0.2, -0.15) is 0 Å². The van der Waals surface area contributed by atoms with E-state index >= 15 is 0 Å². The summed E-state index contributed by atoms with van der Waals surface area (Å²) in [7, 11) is 0. The van der Waals surface area contributed by atoms with Gasteiger partial charge >= 0.3 is 0 Å². The topological polar surface area (TPSA) is 15.3 Å². The van der Waals surface area contributed by atoms with Gasteiger partial charge in [-0.05, 0) is 38.8 Å². The van der Waals surface area contributed by atoms with E-state index in [2.05, 4.69) is 44.8 Å². The predicted octanol–water partition coefficient (Wildman–Crippen LogP) is 2.11. The Hall–Kier alpha value is -0.0800. The van der Waals surface area contributed by atoms with Gasteiger partial charge in [0.25, 0.3) is 0 Å². The molecule has 1 rings (SSSR count). The quantitative estimate of drug-likeness (QED) is 0.694. The maximum atomic E-state index is 3.46. The molecule has 0 unspecified atom stereocenters. The van der Waals surface area contributed by atoms with Crippen LogP contribution in [-0.4, -0.2) is 36.6 Å². The number of rotatable bonds is 1. The Morgan fingerprint density at radius 2 is 1.57 bits per heavy atom. The van der Waals surface area contributed by atoms with Gasteiger partial charge in [0.1, 0.15) is 0 Å². The summed E-state index contributed by atoms with van der Waals surface area (Å²) in [5, 5.41) is 3.46. The Morgan fingerprint density at radius 3 is 2.14 bits per heavy atom. The van der Waals surface area contributed by atoms with Crippen LogP contribution >= 0.6 is 0 Å². The predicted molar refractivity (Wildman–Crippen MR) is 62.6 cm³/mol. The third-order valence-corrected chi connectivity index (χ3v) is 3.97. The van der Waals surface area contributed by atoms with Crippen LogP contribution in [0.25, 0.3) is 0 Å². The van der Waals surface area contributed by atoms with Gasteiger partial charge in [0, 0.05) is 18.6 Å². The van der Waals surface area contributed by atoms with E-state index < -0.39 is 0 Å². The van der Waals surface area contributed by atoms with Crippen LogP contribution in [0, 0.1) is 5.41 Å². The molecule has 1 N–H and O–H groups in total. The molecule has 1 aliphatic rings. The Balaban J connectivity index is 2.69. The van der Waals surface area contributed by atoms with Crippen molar-refractivity contribution < 1.29 is 0 Å². The first kappa shape index (κ1) is 12.0. The fourth-order valence-corrected chi connectivity index (χ4v) is 1.88. The van der Waals surface area contributed by atoms with E-state index in [1.165, 1.54) is 26.1 Å². The summed E-state index contributed by atoms with van der Waals surface area (Å²) in [6, 6.07) is 0. The summed E-state index contributed by atoms with van der Waals surface area (Å²) in [4.78, 5) is 2.63. The molecule has 0 aliphatic carbocycles. The lowest BCUT2D eigenvalue weighted by Gasteiger charge is -2.47. The zero-order chi connectivity index (χ0) is 10.8. The van der Waals surface area contributed by atoms with Crippen LogP contribution < -0.4 is 5.32 Å². The van der Waals surface area contributed by atoms with Crippen LogP contribution in [0.5, 0.6) is 0 Å². The average molecular weight is 198 g/mol. The van der Waals surface area contributed by atoms with Crippen LogP contribution in [0.4, 0.5) is 0 Å². The molecular formula is C12H26N2. The van der Waals surface area contributed by atoms with Crippen LogP contribution in [0.3, 0.4) is 0 Å². The summed E-state index contributed by atoms with van der Waals surface area (Å²) >= 11 is 0. The lowest BCUT2D eigenvalue weighted by molar-refractivity contribution is 0.0269. The number of hydrogen-bond acceptors (Lipinski definition) is 2. The highest BCUT2D eigenvalue weighted by atomic mass is 15.2. The molecule has 0 radical (unpaired) electrons. The first-order chi connectivity index (χ1) is 6.36. The SMILES string of the molecule is CC(C)(C)C(C)(C)N1CCCNCC1. The summed E-state index contributed by atoms with van der Waals surface area (Å²) in [6.07, 6.45) is 1.28. The first-order valence-corrected chi connectivity index (χ1v) is 5.81. The summed E-state index contributed by atoms with van der Waals surface area (Å²) in [5.74, 6) is 0. The minimum absolute atomic E-state index is 0.291. The van der Waals surface area contributed by atoms with Gasteiger partial charge < -0.3 is 5.32 Å². The van der Waals surface area contributed by atoms with Gasteiger partial charge in [-0.15, -0.1) is 0 Å². The molecule has 0 aromatic carbocycles. The molecule has 0 atom stereocenters. The fraction of sp³-hybridized carbons (Fsp3) is 1.00. The van der Waals surface area contributed by atoms with E-state index in [4.69, 9.17) is 0 Å². The van der Waals surface area contributed by atoms with E-state index in [9.17, 15) is 0 Å². The normalized spacial score (nSPS) is 22.1. The lowest BCUT2D eigenvalue weighted by atomic mass is 9.75. The molecule has 2 nitrogen and oxygen atoms in total. The smallest absolute Gasteiger partial charge is 0.0202 e. The maximum Gasteiger partial charge on any atom is 0.0202 e. The van der Waals surface area contributed by atoms with Gasteiger partial charge in [0.05, 0.1) is 0 Å². The molecule has 1 saturated heterocycles. The number of nitrogens with zero attached hydrogens (tertiary/aromatic N) is 1. The third-order valence-electron chi connectivity index (χ3n) is 3.97. The summed E-state index contributed by atoms with van der Waals surface area (Å²) in [6.45, 7) is 16.5. The Bertz CT molecular complexity index is 171. The van der Waals surface area contributed by atoms with Crippen molar-refractivity contribution in [3.05, 3.63) is 0 Å². The molecule has 1 fully saturated rings. The summed E-state index contributed by atoms with van der Waals surface area (Å²) in [5.41, 5.74) is 0.635. The van der Waals surface area contributed by atoms with Crippen LogP contribution in [0.1, 0.15) is 41.0 Å². The molecule has 0 amide bonds. The van der Waals surface area contributed by atoms with Crippen LogP contribution in [0.15, 0.2) is 0 Å². The molecule has 0 aromatic heterocycles. The van der Waals surface area contributed by atoms with E-state index in [1.807, 2.05) is 0 Å². The molecule has 0 aromatic rings. The minimum Gasteiger partial charge on any atom is -0.315 e. The second-order valence-electron chi connectivity index (χ2n) is 5.90. The molecule has 2 heteroatoms. The largest absolute Gasteiger partial charge is 0.315 e. The second kappa shape index (κ2) is 4.19. The Morgan fingerprint density at radius 1 is 0.929 bits per heavy atom. The van der Waals surface area contributed by atoms with Crippen molar-refractivity contribution in [2.24, 2.45) is 5.41 Å². The first-order valence-electron chi connectivity index (χ1n) is 5.81. The van der Waals surface area contributed by atoms with Crippen LogP contribution in [-0.2, 0) is 0 Å². The highest BCUT2D eigenvalue weighted by Gasteiger charge is 2.37. The average Bonchev–Trinajstić information content (AvgIpc) is 2.29. The lowest BCUT2D eigenvalue weighted by Crippen LogP contribution is -2.53. The van der Waals surface area contributed by atoms with Gasteiger partial charge in [-0.3, -0.25) is 4.90 Å². The highest BCUT2D eigenvalue weighted by Crippen LogP contribution is 2.35. The minimum atomic E-state index is 0.291. The van der Waals surface area contributed by atoms with E-state index in [0.29, 0.717) is 11.0 Å². The molecule has 14 heavy (non-hydrogen) atoms. The van der Waals surface area contributed by atoms with Crippen molar-refractivity contribution >= 4 is 0 Å². The van der Waals surface area contributed by atoms with E-state index in [0.717, 1.165) is 6.54 Å². The monoisotopic (exact) mass is 198 g/mol. The molecule has 84 valence electrons. The van der Waals surface area contributed by atoms with Gasteiger partial charge in [-0.1, -0.05) is 20.8 Å². The Labute approximate surface area is 89.1 Å². The molecule has 1 aliphatic heterocycles. The maximum absolute atomic E-state index is 3.46. The standard InChI is InChI=1S/C12H26N2/c1-11(2,3)12(4,5)14-9-6-7-13-8-10-14/h13H,6-10H2,1-5H3. The van der Waals surface area contributed by atoms with Gasteiger partial charge in [0.2, 0.25) is 0 Å². The number of nitrogens with one attached hydrogen (secondary N) is 1. The van der Waals surface area contributed by atoms with E-state index in [1.54, 1.807) is 0 Å². The van der Waals surface area contributed by atoms with E-state index in [-0.39, 0.29) is 0 Å². The third kappa shape index (κ3) is 2.48. The van der Waals surface area contributed by atoms with Crippen molar-refractivity contribution in [2.45, 2.75) is 46.6 Å². The van der Waals surface area contributed by atoms with Crippen molar-refractivity contribution in [3.63, 3.8) is 0 Å². The molecule has 1 heterocycles. The summed E-state index contributed by atoms with van der Waals surface area (Å²) < 4.78 is 0. The van der Waals surface area contributed by atoms with Crippen molar-refractivity contribution in [2.75, 3.05) is 26.2 Å². The van der Waals surface area contributed by atoms with Crippen molar-refractivity contribution in [3.8, 4) is 0 Å².